The topological polar surface area (TPSA) is 86.8 Å². The number of nitrogens with zero attached hydrogens (tertiary/aromatic N) is 2. The molecule has 0 heterocycles. The maximum Gasteiger partial charge on any atom is 0.264 e. The van der Waals surface area contributed by atoms with Gasteiger partial charge in [-0.05, 0) is 98.8 Å². The SMILES string of the molecule is Cc1ccc(N(CC(=O)N(Cc2ccc(Cl)cc2Cl)C(C)C(=O)NC2CCCC2)S(=O)(=O)c2ccc(Cl)cc2)cc1C. The van der Waals surface area contributed by atoms with Gasteiger partial charge in [-0.25, -0.2) is 8.42 Å². The van der Waals surface area contributed by atoms with Crippen LogP contribution in [-0.4, -0.2) is 43.8 Å². The molecule has 0 aliphatic heterocycles. The fraction of sp³-hybridized carbons (Fsp3) is 0.355. The first-order valence-electron chi connectivity index (χ1n) is 13.8. The first-order chi connectivity index (χ1) is 19.9. The Morgan fingerprint density at radius 3 is 2.17 bits per heavy atom. The zero-order valence-corrected chi connectivity index (χ0v) is 26.8. The highest BCUT2D eigenvalue weighted by Gasteiger charge is 2.33. The zero-order valence-electron chi connectivity index (χ0n) is 23.7. The Labute approximate surface area is 262 Å². The Hall–Kier alpha value is -2.78. The molecule has 1 saturated carbocycles. The van der Waals surface area contributed by atoms with E-state index in [2.05, 4.69) is 5.32 Å². The fourth-order valence-electron chi connectivity index (χ4n) is 4.95. The molecule has 2 amide bonds. The number of anilines is 1. The van der Waals surface area contributed by atoms with Crippen LogP contribution >= 0.6 is 34.8 Å². The molecule has 1 atom stereocenters. The van der Waals surface area contributed by atoms with Gasteiger partial charge in [0, 0.05) is 27.7 Å². The van der Waals surface area contributed by atoms with Crippen molar-refractivity contribution in [2.45, 2.75) is 70.0 Å². The summed E-state index contributed by atoms with van der Waals surface area (Å²) in [6.45, 7) is 4.87. The van der Waals surface area contributed by atoms with Crippen LogP contribution in [0.4, 0.5) is 5.69 Å². The van der Waals surface area contributed by atoms with Gasteiger partial charge in [0.1, 0.15) is 12.6 Å². The Kier molecular flexibility index (Phi) is 10.5. The second-order valence-corrected chi connectivity index (χ2v) is 13.8. The quantitative estimate of drug-likeness (QED) is 0.258. The predicted molar refractivity (Wildman–Crippen MR) is 169 cm³/mol. The third-order valence-electron chi connectivity index (χ3n) is 7.68. The number of carbonyl (C=O) groups excluding carboxylic acids is 2. The first kappa shape index (κ1) is 32.1. The van der Waals surface area contributed by atoms with Crippen molar-refractivity contribution in [3.8, 4) is 0 Å². The predicted octanol–water partition coefficient (Wildman–Crippen LogP) is 6.94. The van der Waals surface area contributed by atoms with E-state index in [-0.39, 0.29) is 23.4 Å². The van der Waals surface area contributed by atoms with Gasteiger partial charge in [-0.3, -0.25) is 13.9 Å². The van der Waals surface area contributed by atoms with Crippen molar-refractivity contribution in [3.63, 3.8) is 0 Å². The van der Waals surface area contributed by atoms with Gasteiger partial charge in [-0.15, -0.1) is 0 Å². The van der Waals surface area contributed by atoms with E-state index in [4.69, 9.17) is 34.8 Å². The molecule has 11 heteroatoms. The number of hydrogen-bond acceptors (Lipinski definition) is 4. The largest absolute Gasteiger partial charge is 0.352 e. The van der Waals surface area contributed by atoms with Crippen molar-refractivity contribution in [1.82, 2.24) is 10.2 Å². The van der Waals surface area contributed by atoms with E-state index in [0.717, 1.165) is 41.1 Å². The van der Waals surface area contributed by atoms with Gasteiger partial charge in [-0.2, -0.15) is 0 Å². The summed E-state index contributed by atoms with van der Waals surface area (Å²) < 4.78 is 29.0. The highest BCUT2D eigenvalue weighted by molar-refractivity contribution is 7.92. The minimum absolute atomic E-state index is 0.0164. The van der Waals surface area contributed by atoms with Crippen molar-refractivity contribution in [2.24, 2.45) is 0 Å². The number of aryl methyl sites for hydroxylation is 2. The maximum atomic E-state index is 14.1. The second-order valence-electron chi connectivity index (χ2n) is 10.7. The summed E-state index contributed by atoms with van der Waals surface area (Å²) in [5.74, 6) is -0.871. The van der Waals surface area contributed by atoms with Crippen LogP contribution in [0.2, 0.25) is 15.1 Å². The van der Waals surface area contributed by atoms with Crippen LogP contribution in [0.5, 0.6) is 0 Å². The first-order valence-corrected chi connectivity index (χ1v) is 16.3. The summed E-state index contributed by atoms with van der Waals surface area (Å²) in [5, 5.41) is 4.21. The van der Waals surface area contributed by atoms with Gasteiger partial charge in [0.05, 0.1) is 10.6 Å². The van der Waals surface area contributed by atoms with Gasteiger partial charge in [0.25, 0.3) is 10.0 Å². The molecule has 0 saturated heterocycles. The summed E-state index contributed by atoms with van der Waals surface area (Å²) in [6, 6.07) is 15.0. The lowest BCUT2D eigenvalue weighted by atomic mass is 10.1. The lowest BCUT2D eigenvalue weighted by Gasteiger charge is -2.33. The average Bonchev–Trinajstić information content (AvgIpc) is 3.45. The standard InChI is InChI=1S/C31H34Cl3N3O4S/c1-20-8-13-27(16-21(20)2)37(42(40,41)28-14-11-24(32)12-15-28)19-30(38)36(18-23-9-10-25(33)17-29(23)34)22(3)31(39)35-26-6-4-5-7-26/h8-17,22,26H,4-7,18-19H2,1-3H3,(H,35,39). The number of nitrogens with one attached hydrogen (secondary N) is 1. The minimum atomic E-state index is -4.20. The Bertz CT molecular complexity index is 1560. The normalized spacial score (nSPS) is 14.4. The molecule has 42 heavy (non-hydrogen) atoms. The molecular formula is C31H34Cl3N3O4S. The molecule has 0 bridgehead atoms. The molecule has 3 aromatic rings. The van der Waals surface area contributed by atoms with Gasteiger partial charge in [0.2, 0.25) is 11.8 Å². The Morgan fingerprint density at radius 1 is 0.905 bits per heavy atom. The van der Waals surface area contributed by atoms with Crippen molar-refractivity contribution < 1.29 is 18.0 Å². The van der Waals surface area contributed by atoms with Gasteiger partial charge in [0.15, 0.2) is 0 Å². The molecule has 1 fully saturated rings. The highest BCUT2D eigenvalue weighted by Crippen LogP contribution is 2.28. The van der Waals surface area contributed by atoms with E-state index in [0.29, 0.717) is 26.3 Å². The van der Waals surface area contributed by atoms with Crippen LogP contribution in [0.3, 0.4) is 0 Å². The van der Waals surface area contributed by atoms with Gasteiger partial charge in [-0.1, -0.05) is 59.8 Å². The highest BCUT2D eigenvalue weighted by atomic mass is 35.5. The molecule has 224 valence electrons. The Morgan fingerprint density at radius 2 is 1.55 bits per heavy atom. The van der Waals surface area contributed by atoms with Crippen LogP contribution < -0.4 is 9.62 Å². The number of amides is 2. The number of sulfonamides is 1. The third-order valence-corrected chi connectivity index (χ3v) is 10.3. The Balaban J connectivity index is 1.72. The van der Waals surface area contributed by atoms with Crippen LogP contribution in [0.1, 0.15) is 49.3 Å². The molecule has 1 N–H and O–H groups in total. The molecule has 0 spiro atoms. The molecule has 7 nitrogen and oxygen atoms in total. The summed E-state index contributed by atoms with van der Waals surface area (Å²) in [6.07, 6.45) is 3.84. The molecular weight excluding hydrogens is 617 g/mol. The molecule has 4 rings (SSSR count). The van der Waals surface area contributed by atoms with Crippen LogP contribution in [0.25, 0.3) is 0 Å². The van der Waals surface area contributed by atoms with Crippen molar-refractivity contribution in [1.29, 1.82) is 0 Å². The molecule has 1 aliphatic carbocycles. The second kappa shape index (κ2) is 13.7. The van der Waals surface area contributed by atoms with E-state index >= 15 is 0 Å². The summed E-state index contributed by atoms with van der Waals surface area (Å²) >= 11 is 18.6. The summed E-state index contributed by atoms with van der Waals surface area (Å²) in [5.41, 5.74) is 2.75. The van der Waals surface area contributed by atoms with Crippen LogP contribution in [-0.2, 0) is 26.2 Å². The lowest BCUT2D eigenvalue weighted by molar-refractivity contribution is -0.139. The lowest BCUT2D eigenvalue weighted by Crippen LogP contribution is -2.52. The summed E-state index contributed by atoms with van der Waals surface area (Å²) in [4.78, 5) is 28.8. The minimum Gasteiger partial charge on any atom is -0.352 e. The van der Waals surface area contributed by atoms with Crippen LogP contribution in [0, 0.1) is 13.8 Å². The number of halogens is 3. The number of hydrogen-bond donors (Lipinski definition) is 1. The smallest absolute Gasteiger partial charge is 0.264 e. The van der Waals surface area contributed by atoms with Gasteiger partial charge >= 0.3 is 0 Å². The zero-order chi connectivity index (χ0) is 30.6. The fourth-order valence-corrected chi connectivity index (χ4v) is 6.95. The van der Waals surface area contributed by atoms with E-state index in [1.165, 1.54) is 29.2 Å². The van der Waals surface area contributed by atoms with Crippen molar-refractivity contribution in [3.05, 3.63) is 92.4 Å². The summed E-state index contributed by atoms with van der Waals surface area (Å²) in [7, 11) is -4.20. The third kappa shape index (κ3) is 7.59. The molecule has 0 aromatic heterocycles. The van der Waals surface area contributed by atoms with Crippen LogP contribution in [0.15, 0.2) is 65.6 Å². The van der Waals surface area contributed by atoms with E-state index < -0.39 is 28.5 Å². The number of benzene rings is 3. The molecule has 1 aliphatic rings. The van der Waals surface area contributed by atoms with Crippen molar-refractivity contribution in [2.75, 3.05) is 10.8 Å². The number of carbonyl (C=O) groups is 2. The monoisotopic (exact) mass is 649 g/mol. The van der Waals surface area contributed by atoms with E-state index in [9.17, 15) is 18.0 Å². The van der Waals surface area contributed by atoms with E-state index in [1.54, 1.807) is 37.3 Å². The van der Waals surface area contributed by atoms with E-state index in [1.807, 2.05) is 19.9 Å². The molecule has 3 aromatic carbocycles. The van der Waals surface area contributed by atoms with Crippen molar-refractivity contribution >= 4 is 62.3 Å². The molecule has 0 radical (unpaired) electrons. The molecule has 1 unspecified atom stereocenters. The average molecular weight is 651 g/mol. The number of rotatable bonds is 10. The van der Waals surface area contributed by atoms with Gasteiger partial charge < -0.3 is 10.2 Å². The maximum absolute atomic E-state index is 14.1.